The van der Waals surface area contributed by atoms with Crippen LogP contribution in [0.4, 0.5) is 0 Å². The fraction of sp³-hybridized carbons (Fsp3) is 0.438. The second kappa shape index (κ2) is 6.36. The van der Waals surface area contributed by atoms with Crippen LogP contribution in [0.5, 0.6) is 5.75 Å². The number of H-pyrrole nitrogens is 1. The molecule has 3 rings (SSSR count). The summed E-state index contributed by atoms with van der Waals surface area (Å²) in [4.78, 5) is 14.6. The lowest BCUT2D eigenvalue weighted by Crippen LogP contribution is -2.31. The third kappa shape index (κ3) is 3.08. The van der Waals surface area contributed by atoms with Crippen LogP contribution in [0, 0.1) is 0 Å². The molecule has 1 aromatic carbocycles. The fourth-order valence-electron chi connectivity index (χ4n) is 2.95. The van der Waals surface area contributed by atoms with Crippen LogP contribution < -0.4 is 16.0 Å². The van der Waals surface area contributed by atoms with Gasteiger partial charge in [-0.05, 0) is 49.3 Å². The number of halogens is 1. The van der Waals surface area contributed by atoms with E-state index in [0.717, 1.165) is 52.2 Å². The minimum atomic E-state index is -0.0474. The second-order valence-electron chi connectivity index (χ2n) is 5.60. The van der Waals surface area contributed by atoms with E-state index in [9.17, 15) is 4.79 Å². The Labute approximate surface area is 137 Å². The van der Waals surface area contributed by atoms with E-state index in [4.69, 9.17) is 10.5 Å². The molecule has 21 heavy (non-hydrogen) atoms. The molecule has 3 N–H and O–H groups in total. The van der Waals surface area contributed by atoms with Crippen LogP contribution in [0.2, 0.25) is 0 Å². The van der Waals surface area contributed by atoms with Gasteiger partial charge in [0.25, 0.3) is 5.56 Å². The van der Waals surface area contributed by atoms with Gasteiger partial charge in [0.15, 0.2) is 0 Å². The largest absolute Gasteiger partial charge is 0.490 e. The van der Waals surface area contributed by atoms with Crippen molar-refractivity contribution in [1.29, 1.82) is 0 Å². The van der Waals surface area contributed by atoms with Crippen LogP contribution in [0.3, 0.4) is 0 Å². The smallest absolute Gasteiger partial charge is 0.255 e. The molecule has 112 valence electrons. The molecule has 1 saturated carbocycles. The Morgan fingerprint density at radius 2 is 1.95 bits per heavy atom. The number of nitrogens with two attached hydrogens (primary N) is 1. The van der Waals surface area contributed by atoms with Crippen molar-refractivity contribution in [1.82, 2.24) is 4.98 Å². The predicted octanol–water partition coefficient (Wildman–Crippen LogP) is 3.11. The lowest BCUT2D eigenvalue weighted by atomic mass is 9.93. The Bertz CT molecular complexity index is 690. The zero-order valence-electron chi connectivity index (χ0n) is 11.8. The maximum Gasteiger partial charge on any atom is 0.255 e. The van der Waals surface area contributed by atoms with Crippen LogP contribution in [0.1, 0.15) is 31.2 Å². The monoisotopic (exact) mass is 398 g/mol. The SMILES string of the molecule is NC1CCC(Oc2ccc3c(=O)[nH]ccc3c2CI)CC1. The van der Waals surface area contributed by atoms with Gasteiger partial charge < -0.3 is 15.5 Å². The molecule has 0 aliphatic heterocycles. The first-order valence-corrected chi connectivity index (χ1v) is 8.83. The van der Waals surface area contributed by atoms with Crippen molar-refractivity contribution in [3.63, 3.8) is 0 Å². The highest BCUT2D eigenvalue weighted by molar-refractivity contribution is 14.1. The zero-order chi connectivity index (χ0) is 14.8. The maximum absolute atomic E-state index is 11.9. The minimum absolute atomic E-state index is 0.0474. The molecule has 0 unspecified atom stereocenters. The van der Waals surface area contributed by atoms with Crippen LogP contribution in [0.15, 0.2) is 29.2 Å². The normalized spacial score (nSPS) is 22.4. The number of aromatic nitrogens is 1. The molecule has 1 aliphatic carbocycles. The van der Waals surface area contributed by atoms with Gasteiger partial charge in [0, 0.05) is 27.6 Å². The summed E-state index contributed by atoms with van der Waals surface area (Å²) < 4.78 is 7.02. The first-order valence-electron chi connectivity index (χ1n) is 7.30. The Kier molecular flexibility index (Phi) is 4.49. The summed E-state index contributed by atoms with van der Waals surface area (Å²) in [7, 11) is 0. The Hall–Kier alpha value is -1.08. The van der Waals surface area contributed by atoms with E-state index in [2.05, 4.69) is 27.6 Å². The van der Waals surface area contributed by atoms with E-state index in [-0.39, 0.29) is 11.7 Å². The highest BCUT2D eigenvalue weighted by Gasteiger charge is 2.21. The lowest BCUT2D eigenvalue weighted by Gasteiger charge is -2.27. The summed E-state index contributed by atoms with van der Waals surface area (Å²) in [6, 6.07) is 6.06. The van der Waals surface area contributed by atoms with Crippen LogP contribution in [-0.2, 0) is 4.43 Å². The minimum Gasteiger partial charge on any atom is -0.490 e. The average Bonchev–Trinajstić information content (AvgIpc) is 2.49. The summed E-state index contributed by atoms with van der Waals surface area (Å²) in [6.45, 7) is 0. The molecular weight excluding hydrogens is 379 g/mol. The van der Waals surface area contributed by atoms with E-state index in [1.807, 2.05) is 18.2 Å². The number of hydrogen-bond acceptors (Lipinski definition) is 3. The molecule has 0 amide bonds. The molecule has 4 nitrogen and oxygen atoms in total. The van der Waals surface area contributed by atoms with Gasteiger partial charge in [-0.1, -0.05) is 22.6 Å². The van der Waals surface area contributed by atoms with Gasteiger partial charge in [-0.25, -0.2) is 0 Å². The van der Waals surface area contributed by atoms with Gasteiger partial charge in [0.05, 0.1) is 6.10 Å². The summed E-state index contributed by atoms with van der Waals surface area (Å²) in [6.07, 6.45) is 6.01. The number of pyridine rings is 1. The predicted molar refractivity (Wildman–Crippen MR) is 93.2 cm³/mol. The molecule has 1 aromatic heterocycles. The number of alkyl halides is 1. The topological polar surface area (TPSA) is 68.1 Å². The molecule has 0 spiro atoms. The molecule has 1 heterocycles. The van der Waals surface area contributed by atoms with Gasteiger partial charge in [-0.2, -0.15) is 0 Å². The molecule has 1 fully saturated rings. The number of benzene rings is 1. The summed E-state index contributed by atoms with van der Waals surface area (Å²) >= 11 is 2.32. The van der Waals surface area contributed by atoms with Crippen molar-refractivity contribution >= 4 is 33.4 Å². The van der Waals surface area contributed by atoms with E-state index in [1.165, 1.54) is 0 Å². The van der Waals surface area contributed by atoms with Gasteiger partial charge in [0.1, 0.15) is 5.75 Å². The third-order valence-electron chi connectivity index (χ3n) is 4.17. The van der Waals surface area contributed by atoms with Gasteiger partial charge >= 0.3 is 0 Å². The molecule has 0 bridgehead atoms. The lowest BCUT2D eigenvalue weighted by molar-refractivity contribution is 0.146. The molecule has 1 aliphatic rings. The summed E-state index contributed by atoms with van der Waals surface area (Å²) in [5.41, 5.74) is 7.00. The first-order chi connectivity index (χ1) is 10.2. The van der Waals surface area contributed by atoms with Crippen molar-refractivity contribution in [3.05, 3.63) is 40.3 Å². The zero-order valence-corrected chi connectivity index (χ0v) is 13.9. The van der Waals surface area contributed by atoms with Crippen molar-refractivity contribution in [2.24, 2.45) is 5.73 Å². The number of ether oxygens (including phenoxy) is 1. The first kappa shape index (κ1) is 14.8. The molecule has 5 heteroatoms. The third-order valence-corrected chi connectivity index (χ3v) is 4.93. The van der Waals surface area contributed by atoms with E-state index >= 15 is 0 Å². The van der Waals surface area contributed by atoms with Crippen LogP contribution in [0.25, 0.3) is 10.8 Å². The summed E-state index contributed by atoms with van der Waals surface area (Å²) in [5.74, 6) is 0.906. The van der Waals surface area contributed by atoms with Crippen molar-refractivity contribution in [2.45, 2.75) is 42.3 Å². The number of rotatable bonds is 3. The molecule has 2 aromatic rings. The number of aromatic amines is 1. The summed E-state index contributed by atoms with van der Waals surface area (Å²) in [5, 5.41) is 1.71. The van der Waals surface area contributed by atoms with E-state index in [0.29, 0.717) is 6.04 Å². The van der Waals surface area contributed by atoms with E-state index in [1.54, 1.807) is 6.20 Å². The van der Waals surface area contributed by atoms with E-state index < -0.39 is 0 Å². The van der Waals surface area contributed by atoms with Crippen LogP contribution in [-0.4, -0.2) is 17.1 Å². The fourth-order valence-corrected chi connectivity index (χ4v) is 3.73. The number of fused-ring (bicyclic) bond motifs is 1. The Balaban J connectivity index is 1.93. The molecule has 0 atom stereocenters. The Morgan fingerprint density at radius 1 is 1.19 bits per heavy atom. The quantitative estimate of drug-likeness (QED) is 0.617. The average molecular weight is 398 g/mol. The van der Waals surface area contributed by atoms with Gasteiger partial charge in [-0.15, -0.1) is 0 Å². The maximum atomic E-state index is 11.9. The molecule has 0 radical (unpaired) electrons. The van der Waals surface area contributed by atoms with Crippen LogP contribution >= 0.6 is 22.6 Å². The standard InChI is InChI=1S/C16H19IN2O2/c17-9-14-12-7-8-19-16(20)13(12)5-6-15(14)21-11-3-1-10(18)2-4-11/h5-8,10-11H,1-4,9,18H2,(H,19,20). The van der Waals surface area contributed by atoms with Gasteiger partial charge in [0.2, 0.25) is 0 Å². The highest BCUT2D eigenvalue weighted by Crippen LogP contribution is 2.31. The highest BCUT2D eigenvalue weighted by atomic mass is 127. The van der Waals surface area contributed by atoms with Gasteiger partial charge in [-0.3, -0.25) is 4.79 Å². The van der Waals surface area contributed by atoms with Crippen molar-refractivity contribution < 1.29 is 4.74 Å². The second-order valence-corrected chi connectivity index (χ2v) is 6.36. The van der Waals surface area contributed by atoms with Crippen molar-refractivity contribution in [2.75, 3.05) is 0 Å². The van der Waals surface area contributed by atoms with Crippen molar-refractivity contribution in [3.8, 4) is 5.75 Å². The molecular formula is C16H19IN2O2. The number of hydrogen-bond donors (Lipinski definition) is 2. The number of nitrogens with one attached hydrogen (secondary N) is 1. The Morgan fingerprint density at radius 3 is 2.67 bits per heavy atom. The molecule has 0 saturated heterocycles.